The summed E-state index contributed by atoms with van der Waals surface area (Å²) in [6.07, 6.45) is 2.30. The van der Waals surface area contributed by atoms with Gasteiger partial charge in [0, 0.05) is 25.0 Å². The van der Waals surface area contributed by atoms with Crippen LogP contribution in [-0.2, 0) is 6.42 Å². The zero-order valence-electron chi connectivity index (χ0n) is 15.7. The van der Waals surface area contributed by atoms with Gasteiger partial charge in [-0.15, -0.1) is 0 Å². The normalized spacial score (nSPS) is 25.5. The molecule has 3 rings (SSSR count). The highest BCUT2D eigenvalue weighted by atomic mass is 19.1. The van der Waals surface area contributed by atoms with Gasteiger partial charge in [0.25, 0.3) is 0 Å². The first-order valence-electron chi connectivity index (χ1n) is 9.53. The van der Waals surface area contributed by atoms with Crippen LogP contribution in [0.4, 0.5) is 4.39 Å². The minimum absolute atomic E-state index is 0.0746. The van der Waals surface area contributed by atoms with Gasteiger partial charge in [-0.05, 0) is 56.0 Å². The third-order valence-corrected chi connectivity index (χ3v) is 5.58. The predicted octanol–water partition coefficient (Wildman–Crippen LogP) is 3.03. The van der Waals surface area contributed by atoms with Crippen LogP contribution >= 0.6 is 0 Å². The van der Waals surface area contributed by atoms with Gasteiger partial charge in [0.15, 0.2) is 11.6 Å². The Balaban J connectivity index is 1.97. The molecule has 1 aliphatic rings. The zero-order chi connectivity index (χ0) is 19.4. The van der Waals surface area contributed by atoms with Crippen molar-refractivity contribution in [3.8, 4) is 5.75 Å². The van der Waals surface area contributed by atoms with Crippen LogP contribution in [-0.4, -0.2) is 40.1 Å². The maximum atomic E-state index is 14.0. The summed E-state index contributed by atoms with van der Waals surface area (Å²) in [6, 6.07) is 12.4. The van der Waals surface area contributed by atoms with E-state index < -0.39 is 17.2 Å². The van der Waals surface area contributed by atoms with Gasteiger partial charge in [0.1, 0.15) is 0 Å². The van der Waals surface area contributed by atoms with Gasteiger partial charge in [0.05, 0.1) is 5.60 Å². The third kappa shape index (κ3) is 4.49. The van der Waals surface area contributed by atoms with Crippen LogP contribution < -0.4 is 5.32 Å². The fourth-order valence-electron chi connectivity index (χ4n) is 4.22. The van der Waals surface area contributed by atoms with E-state index in [9.17, 15) is 19.7 Å². The summed E-state index contributed by atoms with van der Waals surface area (Å²) in [5.41, 5.74) is 1.82. The van der Waals surface area contributed by atoms with E-state index in [0.29, 0.717) is 37.8 Å². The number of rotatable bonds is 6. The Morgan fingerprint density at radius 3 is 2.59 bits per heavy atom. The molecule has 146 valence electrons. The van der Waals surface area contributed by atoms with E-state index in [1.165, 1.54) is 12.1 Å². The van der Waals surface area contributed by atoms with Crippen molar-refractivity contribution in [3.05, 3.63) is 65.0 Å². The summed E-state index contributed by atoms with van der Waals surface area (Å²) in [5, 5.41) is 33.9. The largest absolute Gasteiger partial charge is 0.505 e. The molecule has 0 amide bonds. The first kappa shape index (κ1) is 19.8. The molecular formula is C22H28FNO3. The number of benzene rings is 2. The molecule has 1 aliphatic heterocycles. The van der Waals surface area contributed by atoms with Crippen LogP contribution in [0.3, 0.4) is 0 Å². The van der Waals surface area contributed by atoms with Crippen molar-refractivity contribution in [2.45, 2.75) is 50.2 Å². The SMILES string of the molecule is Cc1ccc(CC2(O)CCNC(CCCO)C2c2ccc(O)c(F)c2)cc1. The van der Waals surface area contributed by atoms with Crippen LogP contribution in [0.15, 0.2) is 42.5 Å². The lowest BCUT2D eigenvalue weighted by molar-refractivity contribution is -0.0282. The Labute approximate surface area is 159 Å². The van der Waals surface area contributed by atoms with E-state index >= 15 is 0 Å². The van der Waals surface area contributed by atoms with Crippen molar-refractivity contribution < 1.29 is 19.7 Å². The molecule has 1 heterocycles. The molecule has 1 fully saturated rings. The number of aliphatic hydroxyl groups excluding tert-OH is 1. The molecule has 0 spiro atoms. The molecule has 27 heavy (non-hydrogen) atoms. The number of phenolic OH excluding ortho intramolecular Hbond substituents is 1. The highest BCUT2D eigenvalue weighted by molar-refractivity contribution is 5.35. The monoisotopic (exact) mass is 373 g/mol. The van der Waals surface area contributed by atoms with E-state index in [-0.39, 0.29) is 18.6 Å². The summed E-state index contributed by atoms with van der Waals surface area (Å²) in [6.45, 7) is 2.76. The van der Waals surface area contributed by atoms with Crippen molar-refractivity contribution >= 4 is 0 Å². The van der Waals surface area contributed by atoms with Crippen molar-refractivity contribution in [1.29, 1.82) is 0 Å². The summed E-state index contributed by atoms with van der Waals surface area (Å²) < 4.78 is 14.0. The molecular weight excluding hydrogens is 345 g/mol. The minimum Gasteiger partial charge on any atom is -0.505 e. The molecule has 4 N–H and O–H groups in total. The lowest BCUT2D eigenvalue weighted by Crippen LogP contribution is -2.55. The molecule has 5 heteroatoms. The molecule has 1 saturated heterocycles. The Kier molecular flexibility index (Phi) is 6.15. The van der Waals surface area contributed by atoms with E-state index in [4.69, 9.17) is 0 Å². The van der Waals surface area contributed by atoms with Gasteiger partial charge in [-0.1, -0.05) is 35.9 Å². The molecule has 0 saturated carbocycles. The van der Waals surface area contributed by atoms with Crippen molar-refractivity contribution in [1.82, 2.24) is 5.32 Å². The average Bonchev–Trinajstić information content (AvgIpc) is 2.64. The van der Waals surface area contributed by atoms with Gasteiger partial charge in [-0.2, -0.15) is 0 Å². The molecule has 0 bridgehead atoms. The Morgan fingerprint density at radius 1 is 1.19 bits per heavy atom. The van der Waals surface area contributed by atoms with E-state index in [1.807, 2.05) is 31.2 Å². The second-order valence-electron chi connectivity index (χ2n) is 7.63. The number of aromatic hydroxyl groups is 1. The number of hydrogen-bond donors (Lipinski definition) is 4. The summed E-state index contributed by atoms with van der Waals surface area (Å²) >= 11 is 0. The van der Waals surface area contributed by atoms with Crippen LogP contribution in [0.2, 0.25) is 0 Å². The number of halogens is 1. The molecule has 2 aromatic rings. The molecule has 2 aromatic carbocycles. The number of hydrogen-bond acceptors (Lipinski definition) is 4. The number of aryl methyl sites for hydroxylation is 1. The van der Waals surface area contributed by atoms with Gasteiger partial charge in [-0.3, -0.25) is 0 Å². The fraction of sp³-hybridized carbons (Fsp3) is 0.455. The van der Waals surface area contributed by atoms with Crippen molar-refractivity contribution in [2.75, 3.05) is 13.2 Å². The number of nitrogens with one attached hydrogen (secondary N) is 1. The highest BCUT2D eigenvalue weighted by Crippen LogP contribution is 2.41. The molecule has 0 aliphatic carbocycles. The first-order chi connectivity index (χ1) is 12.9. The number of phenols is 1. The molecule has 3 atom stereocenters. The van der Waals surface area contributed by atoms with Crippen molar-refractivity contribution in [2.24, 2.45) is 0 Å². The van der Waals surface area contributed by atoms with Gasteiger partial charge >= 0.3 is 0 Å². The number of aliphatic hydroxyl groups is 2. The second kappa shape index (κ2) is 8.38. The molecule has 3 unspecified atom stereocenters. The van der Waals surface area contributed by atoms with E-state index in [2.05, 4.69) is 5.32 Å². The third-order valence-electron chi connectivity index (χ3n) is 5.58. The van der Waals surface area contributed by atoms with Gasteiger partial charge in [0.2, 0.25) is 0 Å². The second-order valence-corrected chi connectivity index (χ2v) is 7.63. The molecule has 4 nitrogen and oxygen atoms in total. The Morgan fingerprint density at radius 2 is 1.93 bits per heavy atom. The minimum atomic E-state index is -1.04. The van der Waals surface area contributed by atoms with Crippen LogP contribution in [0.1, 0.15) is 41.9 Å². The Hall–Kier alpha value is -1.95. The van der Waals surface area contributed by atoms with Gasteiger partial charge in [-0.25, -0.2) is 4.39 Å². The fourth-order valence-corrected chi connectivity index (χ4v) is 4.22. The van der Waals surface area contributed by atoms with E-state index in [0.717, 1.165) is 11.1 Å². The maximum Gasteiger partial charge on any atom is 0.165 e. The number of piperidine rings is 1. The van der Waals surface area contributed by atoms with Crippen LogP contribution in [0, 0.1) is 12.7 Å². The zero-order valence-corrected chi connectivity index (χ0v) is 15.7. The smallest absolute Gasteiger partial charge is 0.165 e. The summed E-state index contributed by atoms with van der Waals surface area (Å²) in [5.74, 6) is -1.41. The highest BCUT2D eigenvalue weighted by Gasteiger charge is 2.45. The van der Waals surface area contributed by atoms with E-state index in [1.54, 1.807) is 6.07 Å². The first-order valence-corrected chi connectivity index (χ1v) is 9.53. The molecule has 0 aromatic heterocycles. The standard InChI is InChI=1S/C22H28FNO3/c1-15-4-6-16(7-5-15)14-22(27)10-11-24-19(3-2-12-25)21(22)17-8-9-20(26)18(23)13-17/h4-9,13,19,21,24-27H,2-3,10-12,14H2,1H3. The summed E-state index contributed by atoms with van der Waals surface area (Å²) in [4.78, 5) is 0. The van der Waals surface area contributed by atoms with Gasteiger partial charge < -0.3 is 20.6 Å². The maximum absolute atomic E-state index is 14.0. The Bertz CT molecular complexity index is 765. The lowest BCUT2D eigenvalue weighted by atomic mass is 9.69. The average molecular weight is 373 g/mol. The topological polar surface area (TPSA) is 72.7 Å². The summed E-state index contributed by atoms with van der Waals surface area (Å²) in [7, 11) is 0. The molecule has 0 radical (unpaired) electrons. The predicted molar refractivity (Wildman–Crippen MR) is 103 cm³/mol. The van der Waals surface area contributed by atoms with Crippen LogP contribution in [0.5, 0.6) is 5.75 Å². The quantitative estimate of drug-likeness (QED) is 0.628. The van der Waals surface area contributed by atoms with Crippen LogP contribution in [0.25, 0.3) is 0 Å². The lowest BCUT2D eigenvalue weighted by Gasteiger charge is -2.46. The van der Waals surface area contributed by atoms with Crippen molar-refractivity contribution in [3.63, 3.8) is 0 Å².